The molecule has 2 heterocycles. The van der Waals surface area contributed by atoms with E-state index in [-0.39, 0.29) is 5.82 Å². The number of hydrogen-bond acceptors (Lipinski definition) is 3. The minimum atomic E-state index is -0.289. The van der Waals surface area contributed by atoms with Gasteiger partial charge in [0.2, 0.25) is 0 Å². The lowest BCUT2D eigenvalue weighted by molar-refractivity contribution is 0.181. The highest BCUT2D eigenvalue weighted by Gasteiger charge is 2.19. The first-order valence-corrected chi connectivity index (χ1v) is 8.43. The second-order valence-electron chi connectivity index (χ2n) is 5.81. The van der Waals surface area contributed by atoms with Gasteiger partial charge in [-0.1, -0.05) is 41.9 Å². The molecular weight excluding hydrogens is 353 g/mol. The Morgan fingerprint density at radius 2 is 1.85 bits per heavy atom. The van der Waals surface area contributed by atoms with Gasteiger partial charge in [0.25, 0.3) is 0 Å². The summed E-state index contributed by atoms with van der Waals surface area (Å²) in [6.07, 6.45) is 1.72. The number of fused-ring (bicyclic) bond motifs is 1. The number of aromatic nitrogens is 3. The Morgan fingerprint density at radius 3 is 2.58 bits per heavy atom. The highest BCUT2D eigenvalue weighted by molar-refractivity contribution is 6.33. The minimum Gasteiger partial charge on any atom is -0.378 e. The summed E-state index contributed by atoms with van der Waals surface area (Å²) in [7, 11) is 1.61. The fourth-order valence-corrected chi connectivity index (χ4v) is 3.24. The summed E-state index contributed by atoms with van der Waals surface area (Å²) in [5, 5.41) is 5.33. The van der Waals surface area contributed by atoms with Crippen LogP contribution < -0.4 is 0 Å². The van der Waals surface area contributed by atoms with Crippen LogP contribution in [0.25, 0.3) is 28.0 Å². The second-order valence-corrected chi connectivity index (χ2v) is 6.21. The Kier molecular flexibility index (Phi) is 4.41. The largest absolute Gasteiger partial charge is 0.378 e. The van der Waals surface area contributed by atoms with Crippen LogP contribution in [0.15, 0.2) is 60.8 Å². The molecule has 2 aromatic carbocycles. The van der Waals surface area contributed by atoms with Gasteiger partial charge in [0.15, 0.2) is 5.65 Å². The van der Waals surface area contributed by atoms with E-state index < -0.39 is 0 Å². The van der Waals surface area contributed by atoms with Gasteiger partial charge in [-0.3, -0.25) is 0 Å². The molecule has 0 aliphatic carbocycles. The molecule has 4 rings (SSSR count). The Labute approximate surface area is 154 Å². The van der Waals surface area contributed by atoms with Crippen molar-refractivity contribution >= 4 is 17.2 Å². The zero-order valence-electron chi connectivity index (χ0n) is 14.0. The first-order chi connectivity index (χ1) is 12.7. The van der Waals surface area contributed by atoms with Crippen molar-refractivity contribution in [3.63, 3.8) is 0 Å². The molecule has 0 bridgehead atoms. The second kappa shape index (κ2) is 6.86. The van der Waals surface area contributed by atoms with Gasteiger partial charge in [0, 0.05) is 23.9 Å². The van der Waals surface area contributed by atoms with Gasteiger partial charge in [0.1, 0.15) is 5.82 Å². The maximum Gasteiger partial charge on any atom is 0.163 e. The molecule has 4 nitrogen and oxygen atoms in total. The van der Waals surface area contributed by atoms with Crippen molar-refractivity contribution in [2.45, 2.75) is 6.61 Å². The van der Waals surface area contributed by atoms with Crippen LogP contribution in [0.2, 0.25) is 5.02 Å². The van der Waals surface area contributed by atoms with Crippen LogP contribution >= 0.6 is 11.6 Å². The maximum absolute atomic E-state index is 13.3. The molecular formula is C20H15ClFN3O. The van der Waals surface area contributed by atoms with E-state index in [1.165, 1.54) is 12.1 Å². The Hall–Kier alpha value is -2.76. The molecule has 0 aliphatic heterocycles. The summed E-state index contributed by atoms with van der Waals surface area (Å²) in [6.45, 7) is 0.317. The summed E-state index contributed by atoms with van der Waals surface area (Å²) in [5.74, 6) is -0.289. The Balaban J connectivity index is 2.00. The Morgan fingerprint density at radius 1 is 1.08 bits per heavy atom. The molecule has 6 heteroatoms. The predicted molar refractivity (Wildman–Crippen MR) is 99.5 cm³/mol. The molecule has 0 atom stereocenters. The van der Waals surface area contributed by atoms with Crippen LogP contribution in [0.3, 0.4) is 0 Å². The molecule has 0 aliphatic rings. The summed E-state index contributed by atoms with van der Waals surface area (Å²) in [6, 6.07) is 15.7. The number of methoxy groups -OCH3 is 1. The van der Waals surface area contributed by atoms with E-state index >= 15 is 0 Å². The minimum absolute atomic E-state index is 0.289. The molecule has 0 N–H and O–H groups in total. The van der Waals surface area contributed by atoms with Crippen molar-refractivity contribution in [3.05, 3.63) is 77.3 Å². The number of nitrogens with zero attached hydrogens (tertiary/aromatic N) is 3. The molecule has 2 aromatic heterocycles. The van der Waals surface area contributed by atoms with Crippen LogP contribution in [-0.4, -0.2) is 21.7 Å². The summed E-state index contributed by atoms with van der Waals surface area (Å²) in [5.41, 5.74) is 4.73. The third-order valence-electron chi connectivity index (χ3n) is 4.15. The van der Waals surface area contributed by atoms with E-state index in [9.17, 15) is 4.39 Å². The van der Waals surface area contributed by atoms with Crippen molar-refractivity contribution in [1.29, 1.82) is 0 Å². The normalized spacial score (nSPS) is 11.2. The topological polar surface area (TPSA) is 39.4 Å². The number of halogens is 2. The Bertz CT molecular complexity index is 1080. The van der Waals surface area contributed by atoms with Crippen LogP contribution in [0, 0.1) is 5.82 Å². The SMILES string of the molecule is COCc1nn2c(-c3ccccc3Cl)ccnc2c1-c1ccc(F)cc1. The average molecular weight is 368 g/mol. The lowest BCUT2D eigenvalue weighted by Crippen LogP contribution is -1.97. The van der Waals surface area contributed by atoms with Gasteiger partial charge in [0.05, 0.1) is 23.6 Å². The van der Waals surface area contributed by atoms with Crippen molar-refractivity contribution in [2.75, 3.05) is 7.11 Å². The first kappa shape index (κ1) is 16.7. The van der Waals surface area contributed by atoms with Gasteiger partial charge in [-0.05, 0) is 29.8 Å². The fourth-order valence-electron chi connectivity index (χ4n) is 3.01. The van der Waals surface area contributed by atoms with E-state index in [2.05, 4.69) is 4.98 Å². The molecule has 0 saturated carbocycles. The average Bonchev–Trinajstić information content (AvgIpc) is 3.01. The molecule has 4 aromatic rings. The van der Waals surface area contributed by atoms with Gasteiger partial charge in [-0.2, -0.15) is 5.10 Å². The lowest BCUT2D eigenvalue weighted by atomic mass is 10.1. The third kappa shape index (κ3) is 2.85. The summed E-state index contributed by atoms with van der Waals surface area (Å²) >= 11 is 6.37. The lowest BCUT2D eigenvalue weighted by Gasteiger charge is -2.07. The first-order valence-electron chi connectivity index (χ1n) is 8.05. The van der Waals surface area contributed by atoms with Crippen LogP contribution in [0.1, 0.15) is 5.69 Å². The van der Waals surface area contributed by atoms with E-state index in [0.717, 1.165) is 28.1 Å². The highest BCUT2D eigenvalue weighted by atomic mass is 35.5. The fraction of sp³-hybridized carbons (Fsp3) is 0.100. The molecule has 130 valence electrons. The number of benzene rings is 2. The van der Waals surface area contributed by atoms with E-state index in [0.29, 0.717) is 17.3 Å². The van der Waals surface area contributed by atoms with Crippen LogP contribution in [0.4, 0.5) is 4.39 Å². The maximum atomic E-state index is 13.3. The molecule has 0 unspecified atom stereocenters. The standard InChI is InChI=1S/C20H15ClFN3O/c1-26-12-17-19(13-6-8-14(22)9-7-13)20-23-11-10-18(25(20)24-17)15-4-2-3-5-16(15)21/h2-11H,12H2,1H3. The summed E-state index contributed by atoms with van der Waals surface area (Å²) in [4.78, 5) is 4.51. The van der Waals surface area contributed by atoms with Crippen molar-refractivity contribution in [3.8, 4) is 22.4 Å². The zero-order valence-corrected chi connectivity index (χ0v) is 14.7. The smallest absolute Gasteiger partial charge is 0.163 e. The number of ether oxygens (including phenoxy) is 1. The quantitative estimate of drug-likeness (QED) is 0.509. The molecule has 0 spiro atoms. The van der Waals surface area contributed by atoms with Crippen LogP contribution in [0.5, 0.6) is 0 Å². The molecule has 0 amide bonds. The van der Waals surface area contributed by atoms with Crippen molar-refractivity contribution in [2.24, 2.45) is 0 Å². The van der Waals surface area contributed by atoms with Gasteiger partial charge in [-0.25, -0.2) is 13.9 Å². The van der Waals surface area contributed by atoms with Crippen LogP contribution in [-0.2, 0) is 11.3 Å². The monoisotopic (exact) mass is 367 g/mol. The molecule has 0 saturated heterocycles. The van der Waals surface area contributed by atoms with Crippen molar-refractivity contribution < 1.29 is 9.13 Å². The van der Waals surface area contributed by atoms with E-state index in [4.69, 9.17) is 21.4 Å². The molecule has 0 fully saturated rings. The predicted octanol–water partition coefficient (Wildman–Crippen LogP) is 5.00. The van der Waals surface area contributed by atoms with Crippen molar-refractivity contribution in [1.82, 2.24) is 14.6 Å². The van der Waals surface area contributed by atoms with Gasteiger partial charge in [-0.15, -0.1) is 0 Å². The van der Waals surface area contributed by atoms with E-state index in [1.54, 1.807) is 30.0 Å². The van der Waals surface area contributed by atoms with Gasteiger partial charge >= 0.3 is 0 Å². The van der Waals surface area contributed by atoms with E-state index in [1.807, 2.05) is 30.3 Å². The molecule has 26 heavy (non-hydrogen) atoms. The molecule has 0 radical (unpaired) electrons. The number of rotatable bonds is 4. The zero-order chi connectivity index (χ0) is 18.1. The third-order valence-corrected chi connectivity index (χ3v) is 4.48. The highest BCUT2D eigenvalue weighted by Crippen LogP contribution is 2.33. The summed E-state index contributed by atoms with van der Waals surface area (Å²) < 4.78 is 20.4. The number of hydrogen-bond donors (Lipinski definition) is 0. The van der Waals surface area contributed by atoms with Gasteiger partial charge < -0.3 is 4.74 Å².